The number of benzene rings is 1. The highest BCUT2D eigenvalue weighted by molar-refractivity contribution is 7.13. The second-order valence-corrected chi connectivity index (χ2v) is 7.36. The first-order valence-corrected chi connectivity index (χ1v) is 9.32. The van der Waals surface area contributed by atoms with Crippen molar-refractivity contribution in [2.24, 2.45) is 0 Å². The quantitative estimate of drug-likeness (QED) is 0.484. The number of aromatic carboxylic acids is 1. The fourth-order valence-electron chi connectivity index (χ4n) is 2.32. The molecule has 0 aliphatic heterocycles. The van der Waals surface area contributed by atoms with Crippen molar-refractivity contribution in [2.45, 2.75) is 13.5 Å². The summed E-state index contributed by atoms with van der Waals surface area (Å²) in [7, 11) is 0. The minimum absolute atomic E-state index is 0.0102. The SMILES string of the molecule is Cc1nc(C(=O)[O-])sc1CNC(=O)c1cc(NC(=O)c2cc(F)c(F)cc2Cl)n[nH]1. The van der Waals surface area contributed by atoms with Crippen molar-refractivity contribution in [3.8, 4) is 0 Å². The highest BCUT2D eigenvalue weighted by Crippen LogP contribution is 2.21. The Labute approximate surface area is 176 Å². The predicted molar refractivity (Wildman–Crippen MR) is 100 cm³/mol. The van der Waals surface area contributed by atoms with Crippen LogP contribution in [0.25, 0.3) is 0 Å². The van der Waals surface area contributed by atoms with Gasteiger partial charge in [-0.25, -0.2) is 13.8 Å². The number of carbonyl (C=O) groups is 3. The third-order valence-corrected chi connectivity index (χ3v) is 5.25. The Kier molecular flexibility index (Phi) is 6.08. The number of H-pyrrole nitrogens is 1. The number of anilines is 1. The molecule has 0 bridgehead atoms. The molecule has 0 unspecified atom stereocenters. The molecule has 9 nitrogen and oxygen atoms in total. The Balaban J connectivity index is 1.64. The standard InChI is InChI=1S/C17H12ClF2N5O4S/c1-6-12(30-16(22-6)17(28)29)5-21-15(27)11-4-13(25-24-11)23-14(26)7-2-9(19)10(20)3-8(7)18/h2-4H,5H2,1H3,(H,21,27)(H,28,29)(H2,23,24,25,26)/p-1. The topological polar surface area (TPSA) is 140 Å². The van der Waals surface area contributed by atoms with Gasteiger partial charge in [0, 0.05) is 10.9 Å². The monoisotopic (exact) mass is 454 g/mol. The molecule has 156 valence electrons. The minimum Gasteiger partial charge on any atom is -0.542 e. The van der Waals surface area contributed by atoms with Gasteiger partial charge in [-0.1, -0.05) is 11.6 Å². The van der Waals surface area contributed by atoms with Gasteiger partial charge in [0.15, 0.2) is 17.5 Å². The number of halogens is 3. The average molecular weight is 455 g/mol. The molecule has 2 aromatic heterocycles. The maximum atomic E-state index is 13.3. The van der Waals surface area contributed by atoms with Gasteiger partial charge in [-0.15, -0.1) is 11.3 Å². The molecule has 13 heteroatoms. The third kappa shape index (κ3) is 4.60. The van der Waals surface area contributed by atoms with Crippen LogP contribution in [-0.4, -0.2) is 33.0 Å². The van der Waals surface area contributed by atoms with E-state index >= 15 is 0 Å². The van der Waals surface area contributed by atoms with Crippen molar-refractivity contribution in [3.05, 3.63) is 61.7 Å². The number of rotatable bonds is 6. The lowest BCUT2D eigenvalue weighted by Crippen LogP contribution is -2.23. The number of hydrogen-bond donors (Lipinski definition) is 3. The summed E-state index contributed by atoms with van der Waals surface area (Å²) in [4.78, 5) is 39.6. The normalized spacial score (nSPS) is 10.7. The van der Waals surface area contributed by atoms with E-state index in [1.165, 1.54) is 6.07 Å². The Bertz CT molecular complexity index is 1160. The van der Waals surface area contributed by atoms with Crippen molar-refractivity contribution in [1.29, 1.82) is 0 Å². The number of aromatic amines is 1. The molecule has 0 aliphatic carbocycles. The summed E-state index contributed by atoms with van der Waals surface area (Å²) in [5.41, 5.74) is 0.124. The van der Waals surface area contributed by atoms with Gasteiger partial charge in [0.2, 0.25) is 0 Å². The van der Waals surface area contributed by atoms with Crippen LogP contribution in [0, 0.1) is 18.6 Å². The van der Waals surface area contributed by atoms with E-state index in [0.717, 1.165) is 11.3 Å². The number of amides is 2. The highest BCUT2D eigenvalue weighted by atomic mass is 35.5. The number of carboxylic acids is 1. The molecule has 0 fully saturated rings. The first-order valence-electron chi connectivity index (χ1n) is 8.13. The maximum Gasteiger partial charge on any atom is 0.269 e. The van der Waals surface area contributed by atoms with E-state index in [2.05, 4.69) is 25.8 Å². The van der Waals surface area contributed by atoms with E-state index in [9.17, 15) is 28.3 Å². The van der Waals surface area contributed by atoms with Gasteiger partial charge in [0.05, 0.1) is 22.8 Å². The molecule has 0 saturated heterocycles. The molecule has 0 saturated carbocycles. The molecule has 0 radical (unpaired) electrons. The van der Waals surface area contributed by atoms with Crippen molar-refractivity contribution in [2.75, 3.05) is 5.32 Å². The molecule has 2 heterocycles. The van der Waals surface area contributed by atoms with Crippen LogP contribution in [0.4, 0.5) is 14.6 Å². The summed E-state index contributed by atoms with van der Waals surface area (Å²) >= 11 is 6.63. The molecule has 0 aliphatic rings. The van der Waals surface area contributed by atoms with Gasteiger partial charge < -0.3 is 20.5 Å². The summed E-state index contributed by atoms with van der Waals surface area (Å²) < 4.78 is 26.5. The molecule has 0 spiro atoms. The van der Waals surface area contributed by atoms with E-state index in [1.54, 1.807) is 6.92 Å². The Hall–Kier alpha value is -3.38. The fraction of sp³-hybridized carbons (Fsp3) is 0.118. The Morgan fingerprint density at radius 2 is 1.90 bits per heavy atom. The van der Waals surface area contributed by atoms with Crippen LogP contribution in [0.5, 0.6) is 0 Å². The maximum absolute atomic E-state index is 13.3. The van der Waals surface area contributed by atoms with Crippen LogP contribution in [0.2, 0.25) is 5.02 Å². The molecule has 3 aromatic rings. The molecule has 30 heavy (non-hydrogen) atoms. The van der Waals surface area contributed by atoms with Crippen LogP contribution >= 0.6 is 22.9 Å². The minimum atomic E-state index is -1.41. The number of carboxylic acid groups (broad SMARTS) is 1. The van der Waals surface area contributed by atoms with Crippen LogP contribution in [0.3, 0.4) is 0 Å². The fourth-order valence-corrected chi connectivity index (χ4v) is 3.39. The van der Waals surface area contributed by atoms with Crippen LogP contribution in [0.1, 0.15) is 41.2 Å². The smallest absolute Gasteiger partial charge is 0.269 e. The first-order chi connectivity index (χ1) is 14.2. The lowest BCUT2D eigenvalue weighted by atomic mass is 10.2. The third-order valence-electron chi connectivity index (χ3n) is 3.80. The molecular formula is C17H11ClF2N5O4S-. The lowest BCUT2D eigenvalue weighted by molar-refractivity contribution is -0.255. The van der Waals surface area contributed by atoms with Gasteiger partial charge >= 0.3 is 0 Å². The second-order valence-electron chi connectivity index (χ2n) is 5.86. The van der Waals surface area contributed by atoms with Gasteiger partial charge in [0.1, 0.15) is 16.7 Å². The summed E-state index contributed by atoms with van der Waals surface area (Å²) in [6.45, 7) is 1.61. The van der Waals surface area contributed by atoms with Crippen LogP contribution < -0.4 is 15.7 Å². The van der Waals surface area contributed by atoms with Crippen molar-refractivity contribution < 1.29 is 28.3 Å². The summed E-state index contributed by atoms with van der Waals surface area (Å²) in [5, 5.41) is 21.4. The van der Waals surface area contributed by atoms with Gasteiger partial charge in [-0.3, -0.25) is 14.7 Å². The Morgan fingerprint density at radius 1 is 1.20 bits per heavy atom. The van der Waals surface area contributed by atoms with Crippen LogP contribution in [-0.2, 0) is 6.54 Å². The zero-order chi connectivity index (χ0) is 22.0. The summed E-state index contributed by atoms with van der Waals surface area (Å²) in [6, 6.07) is 2.53. The largest absolute Gasteiger partial charge is 0.542 e. The highest BCUT2D eigenvalue weighted by Gasteiger charge is 2.18. The molecule has 1 aromatic carbocycles. The number of thiazole rings is 1. The summed E-state index contributed by atoms with van der Waals surface area (Å²) in [5.74, 6) is -5.34. The Morgan fingerprint density at radius 3 is 2.57 bits per heavy atom. The van der Waals surface area contributed by atoms with Crippen molar-refractivity contribution in [1.82, 2.24) is 20.5 Å². The average Bonchev–Trinajstić information content (AvgIpc) is 3.29. The number of nitrogens with one attached hydrogen (secondary N) is 3. The number of carbonyl (C=O) groups excluding carboxylic acids is 3. The van der Waals surface area contributed by atoms with E-state index in [-0.39, 0.29) is 33.7 Å². The molecule has 3 N–H and O–H groups in total. The van der Waals surface area contributed by atoms with E-state index < -0.39 is 29.4 Å². The first kappa shape index (κ1) is 21.3. The number of nitrogens with zero attached hydrogens (tertiary/aromatic N) is 2. The zero-order valence-corrected chi connectivity index (χ0v) is 16.6. The number of aromatic nitrogens is 3. The van der Waals surface area contributed by atoms with Crippen molar-refractivity contribution in [3.63, 3.8) is 0 Å². The van der Waals surface area contributed by atoms with E-state index in [0.29, 0.717) is 22.7 Å². The molecular weight excluding hydrogens is 444 g/mol. The number of aryl methyl sites for hydroxylation is 1. The summed E-state index contributed by atoms with van der Waals surface area (Å²) in [6.07, 6.45) is 0. The predicted octanol–water partition coefficient (Wildman–Crippen LogP) is 1.65. The van der Waals surface area contributed by atoms with E-state index in [4.69, 9.17) is 11.6 Å². The zero-order valence-electron chi connectivity index (χ0n) is 15.0. The van der Waals surface area contributed by atoms with Gasteiger partial charge in [-0.05, 0) is 19.1 Å². The molecule has 2 amide bonds. The molecule has 3 rings (SSSR count). The lowest BCUT2D eigenvalue weighted by Gasteiger charge is -2.05. The van der Waals surface area contributed by atoms with Crippen LogP contribution in [0.15, 0.2) is 18.2 Å². The second kappa shape index (κ2) is 8.55. The van der Waals surface area contributed by atoms with Crippen molar-refractivity contribution >= 4 is 46.5 Å². The van der Waals surface area contributed by atoms with Gasteiger partial charge in [0.25, 0.3) is 11.8 Å². The van der Waals surface area contributed by atoms with Gasteiger partial charge in [-0.2, -0.15) is 5.10 Å². The van der Waals surface area contributed by atoms with E-state index in [1.807, 2.05) is 0 Å². The number of hydrogen-bond acceptors (Lipinski definition) is 7. The molecule has 0 atom stereocenters.